The summed E-state index contributed by atoms with van der Waals surface area (Å²) in [5.41, 5.74) is 0.620. The smallest absolute Gasteiger partial charge is 0.255 e. The van der Waals surface area contributed by atoms with Crippen molar-refractivity contribution in [3.8, 4) is 5.75 Å². The van der Waals surface area contributed by atoms with Gasteiger partial charge >= 0.3 is 0 Å². The average molecular weight is 462 g/mol. The number of carbonyl (C=O) groups excluding carboxylic acids is 1. The molecule has 3 heterocycles. The van der Waals surface area contributed by atoms with Crippen LogP contribution >= 0.6 is 15.9 Å². The minimum absolute atomic E-state index is 0.00659. The Morgan fingerprint density at radius 3 is 2.55 bits per heavy atom. The highest BCUT2D eigenvalue weighted by Gasteiger charge is 2.25. The number of carbonyl (C=O) groups is 1. The topological polar surface area (TPSA) is 71.0 Å². The number of nitrogens with zero attached hydrogens (tertiary/aromatic N) is 5. The number of halogens is 1. The molecule has 4 rings (SSSR count). The zero-order valence-corrected chi connectivity index (χ0v) is 18.0. The second kappa shape index (κ2) is 8.96. The fourth-order valence-electron chi connectivity index (χ4n) is 3.54. The normalized spacial score (nSPS) is 17.4. The SMILES string of the molecule is COc1ccc(Br)c(C(=O)N2CCN(c3ccnc(N4CCOCC4)n3)CC2)c1. The molecule has 0 saturated carbocycles. The van der Waals surface area contributed by atoms with Crippen molar-refractivity contribution in [3.63, 3.8) is 0 Å². The van der Waals surface area contributed by atoms with E-state index in [4.69, 9.17) is 14.5 Å². The molecule has 0 N–H and O–H groups in total. The Balaban J connectivity index is 1.41. The standard InChI is InChI=1S/C20H24BrN5O3/c1-28-15-2-3-17(21)16(14-15)19(27)25-8-6-24(7-9-25)18-4-5-22-20(23-18)26-10-12-29-13-11-26/h2-5,14H,6-13H2,1H3. The first kappa shape index (κ1) is 19.9. The summed E-state index contributed by atoms with van der Waals surface area (Å²) < 4.78 is 11.4. The number of piperazine rings is 1. The monoisotopic (exact) mass is 461 g/mol. The van der Waals surface area contributed by atoms with Crippen LogP contribution in [0.4, 0.5) is 11.8 Å². The van der Waals surface area contributed by atoms with Crippen molar-refractivity contribution in [2.75, 3.05) is 69.4 Å². The fraction of sp³-hybridized carbons (Fsp3) is 0.450. The van der Waals surface area contributed by atoms with Crippen LogP contribution in [-0.2, 0) is 4.74 Å². The summed E-state index contributed by atoms with van der Waals surface area (Å²) >= 11 is 3.48. The van der Waals surface area contributed by atoms with Gasteiger partial charge in [-0.3, -0.25) is 4.79 Å². The lowest BCUT2D eigenvalue weighted by molar-refractivity contribution is 0.0745. The van der Waals surface area contributed by atoms with Gasteiger partial charge in [-0.2, -0.15) is 4.98 Å². The molecule has 2 saturated heterocycles. The first-order valence-electron chi connectivity index (χ1n) is 9.69. The Morgan fingerprint density at radius 1 is 1.07 bits per heavy atom. The van der Waals surface area contributed by atoms with Gasteiger partial charge in [0.2, 0.25) is 5.95 Å². The van der Waals surface area contributed by atoms with Gasteiger partial charge in [-0.15, -0.1) is 0 Å². The first-order chi connectivity index (χ1) is 14.2. The molecule has 9 heteroatoms. The fourth-order valence-corrected chi connectivity index (χ4v) is 3.95. The van der Waals surface area contributed by atoms with E-state index in [9.17, 15) is 4.79 Å². The Morgan fingerprint density at radius 2 is 1.83 bits per heavy atom. The third-order valence-corrected chi connectivity index (χ3v) is 5.91. The molecule has 29 heavy (non-hydrogen) atoms. The number of anilines is 2. The van der Waals surface area contributed by atoms with E-state index in [1.807, 2.05) is 23.1 Å². The minimum atomic E-state index is 0.00659. The molecule has 0 bridgehead atoms. The van der Waals surface area contributed by atoms with Crippen molar-refractivity contribution in [1.29, 1.82) is 0 Å². The van der Waals surface area contributed by atoms with Gasteiger partial charge in [-0.05, 0) is 40.2 Å². The van der Waals surface area contributed by atoms with Crippen molar-refractivity contribution >= 4 is 33.6 Å². The molecular formula is C20H24BrN5O3. The van der Waals surface area contributed by atoms with Crippen LogP contribution < -0.4 is 14.5 Å². The van der Waals surface area contributed by atoms with Gasteiger partial charge in [0.05, 0.1) is 25.9 Å². The maximum absolute atomic E-state index is 13.0. The van der Waals surface area contributed by atoms with Gasteiger partial charge in [0.25, 0.3) is 5.91 Å². The summed E-state index contributed by atoms with van der Waals surface area (Å²) in [5.74, 6) is 2.32. The molecule has 8 nitrogen and oxygen atoms in total. The highest BCUT2D eigenvalue weighted by atomic mass is 79.9. The average Bonchev–Trinajstić information content (AvgIpc) is 2.80. The summed E-state index contributed by atoms with van der Waals surface area (Å²) in [6.07, 6.45) is 1.80. The summed E-state index contributed by atoms with van der Waals surface area (Å²) in [4.78, 5) is 28.4. The quantitative estimate of drug-likeness (QED) is 0.689. The van der Waals surface area contributed by atoms with Crippen LogP contribution in [-0.4, -0.2) is 80.4 Å². The van der Waals surface area contributed by atoms with E-state index >= 15 is 0 Å². The lowest BCUT2D eigenvalue weighted by Gasteiger charge is -2.36. The van der Waals surface area contributed by atoms with Crippen LogP contribution in [0.25, 0.3) is 0 Å². The van der Waals surface area contributed by atoms with Crippen LogP contribution in [0.3, 0.4) is 0 Å². The van der Waals surface area contributed by atoms with Crippen LogP contribution in [0, 0.1) is 0 Å². The van der Waals surface area contributed by atoms with E-state index in [0.29, 0.717) is 37.6 Å². The van der Waals surface area contributed by atoms with Crippen molar-refractivity contribution < 1.29 is 14.3 Å². The number of benzene rings is 1. The van der Waals surface area contributed by atoms with Crippen molar-refractivity contribution in [1.82, 2.24) is 14.9 Å². The first-order valence-corrected chi connectivity index (χ1v) is 10.5. The molecule has 1 amide bonds. The summed E-state index contributed by atoms with van der Waals surface area (Å²) in [6, 6.07) is 7.38. The largest absolute Gasteiger partial charge is 0.497 e. The number of hydrogen-bond acceptors (Lipinski definition) is 7. The number of aromatic nitrogens is 2. The van der Waals surface area contributed by atoms with E-state index in [2.05, 4.69) is 30.7 Å². The molecule has 2 aliphatic rings. The Labute approximate surface area is 178 Å². The lowest BCUT2D eigenvalue weighted by atomic mass is 10.1. The highest BCUT2D eigenvalue weighted by Crippen LogP contribution is 2.25. The molecule has 0 spiro atoms. The van der Waals surface area contributed by atoms with Crippen LogP contribution in [0.2, 0.25) is 0 Å². The Kier molecular flexibility index (Phi) is 6.15. The predicted octanol–water partition coefficient (Wildman–Crippen LogP) is 2.05. The second-order valence-corrected chi connectivity index (χ2v) is 7.79. The van der Waals surface area contributed by atoms with Gasteiger partial charge in [0, 0.05) is 49.9 Å². The van der Waals surface area contributed by atoms with Crippen LogP contribution in [0.5, 0.6) is 5.75 Å². The molecule has 2 aliphatic heterocycles. The number of rotatable bonds is 4. The zero-order valence-electron chi connectivity index (χ0n) is 16.4. The van der Waals surface area contributed by atoms with Gasteiger partial charge in [-0.25, -0.2) is 4.98 Å². The molecule has 154 valence electrons. The van der Waals surface area contributed by atoms with Crippen LogP contribution in [0.1, 0.15) is 10.4 Å². The molecule has 0 aliphatic carbocycles. The molecular weight excluding hydrogens is 438 g/mol. The number of morpholine rings is 1. The Bertz CT molecular complexity index is 867. The highest BCUT2D eigenvalue weighted by molar-refractivity contribution is 9.10. The van der Waals surface area contributed by atoms with E-state index < -0.39 is 0 Å². The van der Waals surface area contributed by atoms with Crippen molar-refractivity contribution in [3.05, 3.63) is 40.5 Å². The summed E-state index contributed by atoms with van der Waals surface area (Å²) in [5, 5.41) is 0. The van der Waals surface area contributed by atoms with Gasteiger partial charge < -0.3 is 24.2 Å². The summed E-state index contributed by atoms with van der Waals surface area (Å²) in [6.45, 7) is 5.75. The second-order valence-electron chi connectivity index (χ2n) is 6.94. The molecule has 2 fully saturated rings. The molecule has 1 aromatic carbocycles. The molecule has 0 atom stereocenters. The minimum Gasteiger partial charge on any atom is -0.497 e. The van der Waals surface area contributed by atoms with E-state index in [0.717, 1.165) is 42.4 Å². The van der Waals surface area contributed by atoms with Crippen molar-refractivity contribution in [2.24, 2.45) is 0 Å². The Hall–Kier alpha value is -2.39. The number of hydrogen-bond donors (Lipinski definition) is 0. The van der Waals surface area contributed by atoms with Gasteiger partial charge in [-0.1, -0.05) is 0 Å². The number of ether oxygens (including phenoxy) is 2. The van der Waals surface area contributed by atoms with Gasteiger partial charge in [0.1, 0.15) is 11.6 Å². The third kappa shape index (κ3) is 4.45. The van der Waals surface area contributed by atoms with E-state index in [-0.39, 0.29) is 5.91 Å². The number of methoxy groups -OCH3 is 1. The van der Waals surface area contributed by atoms with Crippen LogP contribution in [0.15, 0.2) is 34.9 Å². The predicted molar refractivity (Wildman–Crippen MR) is 114 cm³/mol. The molecule has 2 aromatic rings. The number of amides is 1. The van der Waals surface area contributed by atoms with E-state index in [1.165, 1.54) is 0 Å². The maximum Gasteiger partial charge on any atom is 0.255 e. The maximum atomic E-state index is 13.0. The molecule has 0 unspecified atom stereocenters. The molecule has 1 aromatic heterocycles. The molecule has 0 radical (unpaired) electrons. The lowest BCUT2D eigenvalue weighted by Crippen LogP contribution is -2.49. The van der Waals surface area contributed by atoms with E-state index in [1.54, 1.807) is 19.4 Å². The zero-order chi connectivity index (χ0) is 20.2. The van der Waals surface area contributed by atoms with Gasteiger partial charge in [0.15, 0.2) is 0 Å². The third-order valence-electron chi connectivity index (χ3n) is 5.22. The summed E-state index contributed by atoms with van der Waals surface area (Å²) in [7, 11) is 1.60. The van der Waals surface area contributed by atoms with Crippen molar-refractivity contribution in [2.45, 2.75) is 0 Å².